The number of amides is 1. The van der Waals surface area contributed by atoms with Crippen molar-refractivity contribution in [3.05, 3.63) is 24.3 Å². The number of nitrogens with zero attached hydrogens (tertiary/aromatic N) is 1. The van der Waals surface area contributed by atoms with Crippen LogP contribution < -0.4 is 20.7 Å². The van der Waals surface area contributed by atoms with E-state index in [0.29, 0.717) is 44.6 Å². The van der Waals surface area contributed by atoms with E-state index in [4.69, 9.17) is 9.47 Å². The predicted molar refractivity (Wildman–Crippen MR) is 118 cm³/mol. The second kappa shape index (κ2) is 13.8. The van der Waals surface area contributed by atoms with Crippen LogP contribution in [-0.4, -0.2) is 52.3 Å². The fourth-order valence-electron chi connectivity index (χ4n) is 3.48. The minimum absolute atomic E-state index is 0.153. The zero-order chi connectivity index (χ0) is 20.7. The Hall–Kier alpha value is -2.28. The van der Waals surface area contributed by atoms with Crippen LogP contribution in [0, 0.1) is 5.92 Å². The number of aliphatic imine (C=N–C) groups is 1. The minimum atomic E-state index is 0.153. The summed E-state index contributed by atoms with van der Waals surface area (Å²) in [5.74, 6) is 2.18. The lowest BCUT2D eigenvalue weighted by Crippen LogP contribution is -2.38. The third-order valence-corrected chi connectivity index (χ3v) is 5.02. The first-order valence-electron chi connectivity index (χ1n) is 10.7. The highest BCUT2D eigenvalue weighted by molar-refractivity contribution is 5.93. The number of anilines is 1. The Balaban J connectivity index is 1.66. The van der Waals surface area contributed by atoms with Crippen LogP contribution in [0.25, 0.3) is 0 Å². The maximum atomic E-state index is 12.1. The zero-order valence-corrected chi connectivity index (χ0v) is 17.8. The smallest absolute Gasteiger partial charge is 0.220 e. The molecule has 1 aliphatic rings. The standard InChI is InChI=1S/C22H36N4O3/c1-23-22(25-13-12-24-21(27)16-18-8-4-3-5-9-18)26-19-10-6-11-20(17-19)29-15-7-14-28-2/h6,10-11,17-18H,3-5,7-9,12-16H2,1-2H3,(H,24,27)(H2,23,25,26). The largest absolute Gasteiger partial charge is 0.493 e. The van der Waals surface area contributed by atoms with E-state index in [1.807, 2.05) is 24.3 Å². The van der Waals surface area contributed by atoms with Crippen molar-refractivity contribution >= 4 is 17.6 Å². The van der Waals surface area contributed by atoms with Crippen molar-refractivity contribution in [2.45, 2.75) is 44.9 Å². The van der Waals surface area contributed by atoms with Gasteiger partial charge in [-0.3, -0.25) is 9.79 Å². The van der Waals surface area contributed by atoms with Gasteiger partial charge in [0.15, 0.2) is 5.96 Å². The van der Waals surface area contributed by atoms with Gasteiger partial charge in [0, 0.05) is 58.4 Å². The first-order valence-corrected chi connectivity index (χ1v) is 10.7. The molecule has 0 unspecified atom stereocenters. The summed E-state index contributed by atoms with van der Waals surface area (Å²) in [7, 11) is 3.41. The molecule has 0 radical (unpaired) electrons. The second-order valence-corrected chi connectivity index (χ2v) is 7.40. The minimum Gasteiger partial charge on any atom is -0.493 e. The molecule has 2 rings (SSSR count). The Morgan fingerprint density at radius 1 is 1.14 bits per heavy atom. The third-order valence-electron chi connectivity index (χ3n) is 5.02. The van der Waals surface area contributed by atoms with E-state index in [0.717, 1.165) is 17.9 Å². The quantitative estimate of drug-likeness (QED) is 0.300. The number of guanidine groups is 1. The van der Waals surface area contributed by atoms with Crippen LogP contribution in [0.2, 0.25) is 0 Å². The van der Waals surface area contributed by atoms with Gasteiger partial charge in [-0.2, -0.15) is 0 Å². The molecule has 0 aromatic heterocycles. The summed E-state index contributed by atoms with van der Waals surface area (Å²) in [4.78, 5) is 16.3. The monoisotopic (exact) mass is 404 g/mol. The van der Waals surface area contributed by atoms with Crippen LogP contribution in [0.3, 0.4) is 0 Å². The molecule has 1 aromatic rings. The van der Waals surface area contributed by atoms with Crippen molar-refractivity contribution in [2.75, 3.05) is 45.8 Å². The summed E-state index contributed by atoms with van der Waals surface area (Å²) in [5.41, 5.74) is 0.892. The number of rotatable bonds is 11. The molecule has 0 bridgehead atoms. The van der Waals surface area contributed by atoms with E-state index in [1.165, 1.54) is 32.1 Å². The number of carbonyl (C=O) groups excluding carboxylic acids is 1. The van der Waals surface area contributed by atoms with Gasteiger partial charge in [0.1, 0.15) is 5.75 Å². The number of methoxy groups -OCH3 is 1. The van der Waals surface area contributed by atoms with Gasteiger partial charge in [0.25, 0.3) is 0 Å². The highest BCUT2D eigenvalue weighted by Crippen LogP contribution is 2.26. The summed E-state index contributed by atoms with van der Waals surface area (Å²) in [5, 5.41) is 9.47. The molecule has 0 aliphatic heterocycles. The molecule has 1 aromatic carbocycles. The maximum absolute atomic E-state index is 12.1. The van der Waals surface area contributed by atoms with Crippen molar-refractivity contribution < 1.29 is 14.3 Å². The molecule has 1 amide bonds. The first kappa shape index (κ1) is 23.0. The summed E-state index contributed by atoms with van der Waals surface area (Å²) in [6, 6.07) is 7.76. The number of carbonyl (C=O) groups is 1. The van der Waals surface area contributed by atoms with Crippen LogP contribution in [0.15, 0.2) is 29.3 Å². The van der Waals surface area contributed by atoms with E-state index < -0.39 is 0 Å². The van der Waals surface area contributed by atoms with Gasteiger partial charge in [-0.1, -0.05) is 25.3 Å². The van der Waals surface area contributed by atoms with Crippen LogP contribution in [0.1, 0.15) is 44.9 Å². The Morgan fingerprint density at radius 2 is 1.93 bits per heavy atom. The van der Waals surface area contributed by atoms with Crippen molar-refractivity contribution in [3.8, 4) is 5.75 Å². The molecule has 7 heteroatoms. The summed E-state index contributed by atoms with van der Waals surface area (Å²) in [6.45, 7) is 2.49. The van der Waals surface area contributed by atoms with E-state index in [-0.39, 0.29) is 5.91 Å². The third kappa shape index (κ3) is 9.65. The van der Waals surface area contributed by atoms with E-state index in [2.05, 4.69) is 20.9 Å². The Kier molecular flexibility index (Phi) is 11.0. The van der Waals surface area contributed by atoms with Crippen molar-refractivity contribution in [3.63, 3.8) is 0 Å². The van der Waals surface area contributed by atoms with Crippen molar-refractivity contribution in [1.29, 1.82) is 0 Å². The molecule has 7 nitrogen and oxygen atoms in total. The molecule has 29 heavy (non-hydrogen) atoms. The van der Waals surface area contributed by atoms with Crippen molar-refractivity contribution in [2.24, 2.45) is 10.9 Å². The van der Waals surface area contributed by atoms with Crippen LogP contribution >= 0.6 is 0 Å². The van der Waals surface area contributed by atoms with Gasteiger partial charge >= 0.3 is 0 Å². The number of benzene rings is 1. The second-order valence-electron chi connectivity index (χ2n) is 7.40. The van der Waals surface area contributed by atoms with E-state index >= 15 is 0 Å². The first-order chi connectivity index (χ1) is 14.2. The molecule has 0 heterocycles. The lowest BCUT2D eigenvalue weighted by Gasteiger charge is -2.20. The van der Waals surface area contributed by atoms with Crippen LogP contribution in [0.4, 0.5) is 5.69 Å². The van der Waals surface area contributed by atoms with Crippen LogP contribution in [0.5, 0.6) is 5.75 Å². The van der Waals surface area contributed by atoms with Gasteiger partial charge < -0.3 is 25.4 Å². The van der Waals surface area contributed by atoms with E-state index in [1.54, 1.807) is 14.2 Å². The molecule has 0 atom stereocenters. The highest BCUT2D eigenvalue weighted by Gasteiger charge is 2.16. The molecular weight excluding hydrogens is 368 g/mol. The SMILES string of the molecule is CN=C(NCCNC(=O)CC1CCCCC1)Nc1cccc(OCCCOC)c1. The number of hydrogen-bond donors (Lipinski definition) is 3. The van der Waals surface area contributed by atoms with Gasteiger partial charge in [-0.05, 0) is 30.9 Å². The Morgan fingerprint density at radius 3 is 2.69 bits per heavy atom. The number of nitrogens with one attached hydrogen (secondary N) is 3. The fourth-order valence-corrected chi connectivity index (χ4v) is 3.48. The summed E-state index contributed by atoms with van der Waals surface area (Å²) in [6.07, 6.45) is 7.74. The topological polar surface area (TPSA) is 84.0 Å². The molecular formula is C22H36N4O3. The Bertz CT molecular complexity index is 630. The maximum Gasteiger partial charge on any atom is 0.220 e. The summed E-state index contributed by atoms with van der Waals surface area (Å²) < 4.78 is 10.8. The average Bonchev–Trinajstić information content (AvgIpc) is 2.74. The average molecular weight is 405 g/mol. The zero-order valence-electron chi connectivity index (χ0n) is 17.8. The molecule has 162 valence electrons. The van der Waals surface area contributed by atoms with Gasteiger partial charge in [-0.25, -0.2) is 0 Å². The Labute approximate surface area is 174 Å². The normalized spacial score (nSPS) is 15.0. The van der Waals surface area contributed by atoms with Gasteiger partial charge in [0.05, 0.1) is 6.61 Å². The van der Waals surface area contributed by atoms with Gasteiger partial charge in [-0.15, -0.1) is 0 Å². The molecule has 3 N–H and O–H groups in total. The van der Waals surface area contributed by atoms with Gasteiger partial charge in [0.2, 0.25) is 5.91 Å². The molecule has 1 saturated carbocycles. The van der Waals surface area contributed by atoms with Crippen molar-refractivity contribution in [1.82, 2.24) is 10.6 Å². The predicted octanol–water partition coefficient (Wildman–Crippen LogP) is 3.18. The molecule has 1 fully saturated rings. The lowest BCUT2D eigenvalue weighted by molar-refractivity contribution is -0.122. The molecule has 0 spiro atoms. The fraction of sp³-hybridized carbons (Fsp3) is 0.636. The highest BCUT2D eigenvalue weighted by atomic mass is 16.5. The number of ether oxygens (including phenoxy) is 2. The van der Waals surface area contributed by atoms with E-state index in [9.17, 15) is 4.79 Å². The molecule has 1 aliphatic carbocycles. The number of hydrogen-bond acceptors (Lipinski definition) is 4. The van der Waals surface area contributed by atoms with Crippen LogP contribution in [-0.2, 0) is 9.53 Å². The molecule has 0 saturated heterocycles. The summed E-state index contributed by atoms with van der Waals surface area (Å²) >= 11 is 0. The lowest BCUT2D eigenvalue weighted by atomic mass is 9.87.